The van der Waals surface area contributed by atoms with Gasteiger partial charge in [0.15, 0.2) is 0 Å². The first kappa shape index (κ1) is 9.31. The number of aromatic nitrogens is 1. The molecular weight excluding hydrogens is 176 g/mol. The number of hydrogen-bond donors (Lipinski definition) is 0. The zero-order chi connectivity index (χ0) is 9.97. The van der Waals surface area contributed by atoms with E-state index >= 15 is 0 Å². The van der Waals surface area contributed by atoms with Crippen LogP contribution >= 0.6 is 0 Å². The summed E-state index contributed by atoms with van der Waals surface area (Å²) in [5.41, 5.74) is 0. The third kappa shape index (κ3) is 1.67. The quantitative estimate of drug-likeness (QED) is 0.699. The van der Waals surface area contributed by atoms with Crippen molar-refractivity contribution in [2.24, 2.45) is 0 Å². The molecule has 3 heteroatoms. The van der Waals surface area contributed by atoms with Crippen LogP contribution in [0.3, 0.4) is 0 Å². The van der Waals surface area contributed by atoms with E-state index in [1.807, 2.05) is 40.9 Å². The smallest absolute Gasteiger partial charge is 0.245 e. The van der Waals surface area contributed by atoms with Crippen LogP contribution in [0.1, 0.15) is 25.8 Å². The van der Waals surface area contributed by atoms with Crippen molar-refractivity contribution >= 4 is 5.91 Å². The van der Waals surface area contributed by atoms with E-state index in [0.29, 0.717) is 0 Å². The van der Waals surface area contributed by atoms with E-state index in [-0.39, 0.29) is 11.9 Å². The van der Waals surface area contributed by atoms with Gasteiger partial charge in [0, 0.05) is 25.5 Å². The summed E-state index contributed by atoms with van der Waals surface area (Å²) in [6.07, 6.45) is 6.20. The SMILES string of the molecule is C[C@@H](C(=O)N1CCCC1)n1cccc1. The van der Waals surface area contributed by atoms with Crippen molar-refractivity contribution in [1.29, 1.82) is 0 Å². The molecule has 3 nitrogen and oxygen atoms in total. The Kier molecular flexibility index (Phi) is 2.57. The molecule has 1 aromatic rings. The second-order valence-corrected chi connectivity index (χ2v) is 3.84. The van der Waals surface area contributed by atoms with Gasteiger partial charge in [-0.2, -0.15) is 0 Å². The Balaban J connectivity index is 2.04. The van der Waals surface area contributed by atoms with Crippen LogP contribution in [0.15, 0.2) is 24.5 Å². The third-order valence-electron chi connectivity index (χ3n) is 2.85. The van der Waals surface area contributed by atoms with Crippen LogP contribution in [0.2, 0.25) is 0 Å². The van der Waals surface area contributed by atoms with E-state index < -0.39 is 0 Å². The highest BCUT2D eigenvalue weighted by Gasteiger charge is 2.23. The van der Waals surface area contributed by atoms with Gasteiger partial charge in [-0.1, -0.05) is 0 Å². The fourth-order valence-electron chi connectivity index (χ4n) is 1.94. The average molecular weight is 192 g/mol. The number of carbonyl (C=O) groups is 1. The summed E-state index contributed by atoms with van der Waals surface area (Å²) in [6.45, 7) is 3.83. The summed E-state index contributed by atoms with van der Waals surface area (Å²) in [7, 11) is 0. The molecule has 1 fully saturated rings. The van der Waals surface area contributed by atoms with Gasteiger partial charge in [-0.15, -0.1) is 0 Å². The number of carbonyl (C=O) groups excluding carboxylic acids is 1. The molecule has 0 N–H and O–H groups in total. The van der Waals surface area contributed by atoms with Gasteiger partial charge < -0.3 is 9.47 Å². The predicted octanol–water partition coefficient (Wildman–Crippen LogP) is 1.67. The highest BCUT2D eigenvalue weighted by Crippen LogP contribution is 2.15. The van der Waals surface area contributed by atoms with Crippen LogP contribution in [0, 0.1) is 0 Å². The van der Waals surface area contributed by atoms with E-state index in [4.69, 9.17) is 0 Å². The average Bonchev–Trinajstić information content (AvgIpc) is 2.87. The zero-order valence-electron chi connectivity index (χ0n) is 8.52. The Morgan fingerprint density at radius 2 is 1.79 bits per heavy atom. The number of rotatable bonds is 2. The molecular formula is C11H16N2O. The van der Waals surface area contributed by atoms with E-state index in [2.05, 4.69) is 0 Å². The van der Waals surface area contributed by atoms with Crippen LogP contribution in [0.4, 0.5) is 0 Å². The predicted molar refractivity (Wildman–Crippen MR) is 55.0 cm³/mol. The molecule has 0 aromatic carbocycles. The summed E-state index contributed by atoms with van der Waals surface area (Å²) in [5, 5.41) is 0. The van der Waals surface area contributed by atoms with E-state index in [0.717, 1.165) is 25.9 Å². The van der Waals surface area contributed by atoms with Crippen LogP contribution in [-0.4, -0.2) is 28.5 Å². The van der Waals surface area contributed by atoms with Crippen molar-refractivity contribution in [2.75, 3.05) is 13.1 Å². The van der Waals surface area contributed by atoms with Crippen LogP contribution in [-0.2, 0) is 4.79 Å². The minimum Gasteiger partial charge on any atom is -0.342 e. The molecule has 14 heavy (non-hydrogen) atoms. The molecule has 76 valence electrons. The molecule has 0 aliphatic carbocycles. The summed E-state index contributed by atoms with van der Waals surface area (Å²) < 4.78 is 1.96. The number of amides is 1. The lowest BCUT2D eigenvalue weighted by Crippen LogP contribution is -2.33. The maximum atomic E-state index is 11.9. The van der Waals surface area contributed by atoms with Gasteiger partial charge in [0.05, 0.1) is 0 Å². The largest absolute Gasteiger partial charge is 0.342 e. The van der Waals surface area contributed by atoms with Gasteiger partial charge in [0.25, 0.3) is 0 Å². The van der Waals surface area contributed by atoms with Gasteiger partial charge >= 0.3 is 0 Å². The standard InChI is InChI=1S/C11H16N2O/c1-10(12-6-2-3-7-12)11(14)13-8-4-5-9-13/h2-3,6-7,10H,4-5,8-9H2,1H3/t10-/m0/s1. The van der Waals surface area contributed by atoms with Gasteiger partial charge in [-0.3, -0.25) is 4.79 Å². The molecule has 2 rings (SSSR count). The first-order valence-electron chi connectivity index (χ1n) is 5.20. The second-order valence-electron chi connectivity index (χ2n) is 3.84. The number of nitrogens with zero attached hydrogens (tertiary/aromatic N) is 2. The summed E-state index contributed by atoms with van der Waals surface area (Å²) in [5.74, 6) is 0.249. The van der Waals surface area contributed by atoms with Gasteiger partial charge in [-0.25, -0.2) is 0 Å². The Morgan fingerprint density at radius 3 is 2.36 bits per heavy atom. The van der Waals surface area contributed by atoms with Crippen LogP contribution in [0.5, 0.6) is 0 Å². The fourth-order valence-corrected chi connectivity index (χ4v) is 1.94. The van der Waals surface area contributed by atoms with Crippen molar-refractivity contribution in [1.82, 2.24) is 9.47 Å². The van der Waals surface area contributed by atoms with Crippen LogP contribution in [0.25, 0.3) is 0 Å². The monoisotopic (exact) mass is 192 g/mol. The third-order valence-corrected chi connectivity index (χ3v) is 2.85. The zero-order valence-corrected chi connectivity index (χ0v) is 8.52. The molecule has 0 spiro atoms. The lowest BCUT2D eigenvalue weighted by atomic mass is 10.3. The molecule has 0 radical (unpaired) electrons. The molecule has 0 bridgehead atoms. The molecule has 0 saturated carbocycles. The molecule has 1 atom stereocenters. The minimum atomic E-state index is -0.0527. The van der Waals surface area contributed by atoms with Crippen molar-refractivity contribution in [3.05, 3.63) is 24.5 Å². The van der Waals surface area contributed by atoms with Gasteiger partial charge in [0.1, 0.15) is 6.04 Å². The number of hydrogen-bond acceptors (Lipinski definition) is 1. The van der Waals surface area contributed by atoms with E-state index in [1.165, 1.54) is 0 Å². The van der Waals surface area contributed by atoms with Gasteiger partial charge in [0.2, 0.25) is 5.91 Å². The fraction of sp³-hybridized carbons (Fsp3) is 0.545. The maximum absolute atomic E-state index is 11.9. The normalized spacial score (nSPS) is 18.5. The molecule has 1 amide bonds. The van der Waals surface area contributed by atoms with Crippen molar-refractivity contribution < 1.29 is 4.79 Å². The van der Waals surface area contributed by atoms with E-state index in [9.17, 15) is 4.79 Å². The first-order valence-corrected chi connectivity index (χ1v) is 5.20. The highest BCUT2D eigenvalue weighted by molar-refractivity contribution is 5.80. The lowest BCUT2D eigenvalue weighted by molar-refractivity contribution is -0.133. The van der Waals surface area contributed by atoms with Crippen molar-refractivity contribution in [3.8, 4) is 0 Å². The summed E-state index contributed by atoms with van der Waals surface area (Å²) in [6, 6.07) is 3.85. The number of likely N-dealkylation sites (tertiary alicyclic amines) is 1. The highest BCUT2D eigenvalue weighted by atomic mass is 16.2. The molecule has 0 unspecified atom stereocenters. The first-order chi connectivity index (χ1) is 6.79. The van der Waals surface area contributed by atoms with E-state index in [1.54, 1.807) is 0 Å². The Morgan fingerprint density at radius 1 is 1.21 bits per heavy atom. The Bertz CT molecular complexity index is 299. The Hall–Kier alpha value is -1.25. The summed E-state index contributed by atoms with van der Waals surface area (Å²) in [4.78, 5) is 13.9. The van der Waals surface area contributed by atoms with Crippen LogP contribution < -0.4 is 0 Å². The maximum Gasteiger partial charge on any atom is 0.245 e. The topological polar surface area (TPSA) is 25.2 Å². The van der Waals surface area contributed by atoms with Crippen molar-refractivity contribution in [2.45, 2.75) is 25.8 Å². The molecule has 1 aliphatic rings. The van der Waals surface area contributed by atoms with Gasteiger partial charge in [-0.05, 0) is 31.9 Å². The van der Waals surface area contributed by atoms with Crippen molar-refractivity contribution in [3.63, 3.8) is 0 Å². The summed E-state index contributed by atoms with van der Waals surface area (Å²) >= 11 is 0. The lowest BCUT2D eigenvalue weighted by Gasteiger charge is -2.21. The second kappa shape index (κ2) is 3.86. The Labute approximate surface area is 84.3 Å². The molecule has 1 aliphatic heterocycles. The molecule has 2 heterocycles. The minimum absolute atomic E-state index is 0.0527. The molecule has 1 saturated heterocycles. The molecule has 1 aromatic heterocycles.